The van der Waals surface area contributed by atoms with Gasteiger partial charge in [0.25, 0.3) is 5.91 Å². The Morgan fingerprint density at radius 1 is 1.21 bits per heavy atom. The Labute approximate surface area is 156 Å². The molecule has 0 fully saturated rings. The Hall–Kier alpha value is -3.76. The van der Waals surface area contributed by atoms with Gasteiger partial charge in [-0.05, 0) is 35.5 Å². The maximum Gasteiger partial charge on any atom is 0.387 e. The lowest BCUT2D eigenvalue weighted by molar-refractivity contribution is -0.121. The molecule has 0 unspecified atom stereocenters. The van der Waals surface area contributed by atoms with E-state index in [4.69, 9.17) is 4.84 Å². The molecular weight excluding hydrogens is 378 g/mol. The van der Waals surface area contributed by atoms with Crippen LogP contribution in [0.4, 0.5) is 14.5 Å². The predicted molar refractivity (Wildman–Crippen MR) is 92.0 cm³/mol. The van der Waals surface area contributed by atoms with Gasteiger partial charge < -0.3 is 19.6 Å². The summed E-state index contributed by atoms with van der Waals surface area (Å²) in [5, 5.41) is 10.0. The number of benzene rings is 2. The first-order chi connectivity index (χ1) is 13.5. The maximum atomic E-state index is 12.4. The highest BCUT2D eigenvalue weighted by Crippen LogP contribution is 2.25. The molecule has 3 aromatic rings. The van der Waals surface area contributed by atoms with E-state index in [0.29, 0.717) is 11.0 Å². The van der Waals surface area contributed by atoms with Crippen LogP contribution in [0.3, 0.4) is 0 Å². The van der Waals surface area contributed by atoms with Gasteiger partial charge in [0.15, 0.2) is 6.61 Å². The van der Waals surface area contributed by atoms with Gasteiger partial charge in [0.2, 0.25) is 0 Å². The molecule has 28 heavy (non-hydrogen) atoms. The fraction of sp³-hybridized carbons (Fsp3) is 0.176. The first kappa shape index (κ1) is 19.0. The van der Waals surface area contributed by atoms with Crippen LogP contribution in [0.15, 0.2) is 42.5 Å². The van der Waals surface area contributed by atoms with E-state index in [-0.39, 0.29) is 17.0 Å². The molecule has 146 valence electrons. The van der Waals surface area contributed by atoms with Crippen molar-refractivity contribution >= 4 is 28.6 Å². The van der Waals surface area contributed by atoms with Crippen molar-refractivity contribution < 1.29 is 32.7 Å². The zero-order valence-corrected chi connectivity index (χ0v) is 14.5. The Kier molecular flexibility index (Phi) is 5.63. The molecule has 0 saturated heterocycles. The van der Waals surface area contributed by atoms with Gasteiger partial charge in [0.1, 0.15) is 16.8 Å². The number of hydrogen-bond donors (Lipinski definition) is 1. The number of carbonyl (C=O) groups is 2. The van der Waals surface area contributed by atoms with Crippen molar-refractivity contribution in [3.8, 4) is 5.75 Å². The molecule has 0 aliphatic carbocycles. The number of hydrogen-bond acceptors (Lipinski definition) is 7. The third-order valence-corrected chi connectivity index (χ3v) is 3.53. The normalized spacial score (nSPS) is 10.7. The second-order valence-corrected chi connectivity index (χ2v) is 5.35. The van der Waals surface area contributed by atoms with E-state index in [1.165, 1.54) is 37.4 Å². The van der Waals surface area contributed by atoms with Crippen molar-refractivity contribution in [2.45, 2.75) is 6.61 Å². The monoisotopic (exact) mass is 392 g/mol. The van der Waals surface area contributed by atoms with Crippen LogP contribution in [0.25, 0.3) is 11.0 Å². The molecule has 1 heterocycles. The predicted octanol–water partition coefficient (Wildman–Crippen LogP) is 1.89. The molecule has 1 aromatic heterocycles. The summed E-state index contributed by atoms with van der Waals surface area (Å²) in [6.45, 7) is -3.52. The quantitative estimate of drug-likeness (QED) is 0.612. The molecule has 0 spiro atoms. The Bertz CT molecular complexity index is 1010. The van der Waals surface area contributed by atoms with Crippen molar-refractivity contribution in [3.63, 3.8) is 0 Å². The van der Waals surface area contributed by atoms with E-state index in [1.807, 2.05) is 0 Å². The van der Waals surface area contributed by atoms with Gasteiger partial charge in [0.05, 0.1) is 18.4 Å². The van der Waals surface area contributed by atoms with E-state index in [1.54, 1.807) is 12.1 Å². The maximum absolute atomic E-state index is 12.4. The van der Waals surface area contributed by atoms with Gasteiger partial charge in [-0.25, -0.2) is 4.79 Å². The molecule has 0 saturated carbocycles. The van der Waals surface area contributed by atoms with Crippen LogP contribution in [0, 0.1) is 0 Å². The summed E-state index contributed by atoms with van der Waals surface area (Å²) < 4.78 is 33.8. The van der Waals surface area contributed by atoms with Gasteiger partial charge in [-0.2, -0.15) is 8.78 Å². The lowest BCUT2D eigenvalue weighted by atomic mass is 10.2. The summed E-state index contributed by atoms with van der Waals surface area (Å²) in [5.41, 5.74) is 1.10. The molecule has 0 aliphatic heterocycles. The molecule has 0 bridgehead atoms. The smallest absolute Gasteiger partial charge is 0.387 e. The largest absolute Gasteiger partial charge is 0.465 e. The van der Waals surface area contributed by atoms with Gasteiger partial charge >= 0.3 is 12.6 Å². The SMILES string of the molecule is COC(=O)c1ccc2nnn(OCC(=O)Nc3ccccc3OC(F)F)c2c1. The number of aromatic nitrogens is 3. The standard InChI is InChI=1S/C17H14F2N4O5/c1-26-16(25)10-6-7-11-13(8-10)23(22-21-11)27-9-15(24)20-12-4-2-3-5-14(12)28-17(18)19/h2-8,17H,9H2,1H3,(H,20,24). The van der Waals surface area contributed by atoms with E-state index in [0.717, 1.165) is 4.85 Å². The van der Waals surface area contributed by atoms with Crippen molar-refractivity contribution in [1.82, 2.24) is 15.2 Å². The van der Waals surface area contributed by atoms with Crippen LogP contribution in [0.2, 0.25) is 0 Å². The van der Waals surface area contributed by atoms with Crippen LogP contribution < -0.4 is 14.9 Å². The Balaban J connectivity index is 1.69. The summed E-state index contributed by atoms with van der Waals surface area (Å²) in [5.74, 6) is -1.37. The average Bonchev–Trinajstić information content (AvgIpc) is 3.09. The summed E-state index contributed by atoms with van der Waals surface area (Å²) in [4.78, 5) is 30.0. The van der Waals surface area contributed by atoms with Crippen LogP contribution in [-0.4, -0.2) is 47.4 Å². The van der Waals surface area contributed by atoms with Crippen LogP contribution in [0.5, 0.6) is 5.75 Å². The van der Waals surface area contributed by atoms with Crippen LogP contribution in [-0.2, 0) is 9.53 Å². The molecule has 3 rings (SSSR count). The number of amides is 1. The topological polar surface area (TPSA) is 105 Å². The fourth-order valence-electron chi connectivity index (χ4n) is 2.31. The van der Waals surface area contributed by atoms with Crippen molar-refractivity contribution in [1.29, 1.82) is 0 Å². The second kappa shape index (κ2) is 8.29. The number of nitrogens with zero attached hydrogens (tertiary/aromatic N) is 3. The minimum absolute atomic E-state index is 0.0628. The molecule has 1 amide bonds. The lowest BCUT2D eigenvalue weighted by Crippen LogP contribution is -2.26. The number of methoxy groups -OCH3 is 1. The molecule has 0 radical (unpaired) electrons. The average molecular weight is 392 g/mol. The molecule has 0 aliphatic rings. The van der Waals surface area contributed by atoms with Gasteiger partial charge in [-0.1, -0.05) is 17.0 Å². The number of alkyl halides is 2. The number of fused-ring (bicyclic) bond motifs is 1. The summed E-state index contributed by atoms with van der Waals surface area (Å²) in [7, 11) is 1.25. The van der Waals surface area contributed by atoms with E-state index >= 15 is 0 Å². The van der Waals surface area contributed by atoms with Gasteiger partial charge in [0, 0.05) is 0 Å². The first-order valence-electron chi connectivity index (χ1n) is 7.88. The first-order valence-corrected chi connectivity index (χ1v) is 7.88. The molecular formula is C17H14F2N4O5. The number of esters is 1. The summed E-state index contributed by atoms with van der Waals surface area (Å²) >= 11 is 0. The number of nitrogens with one attached hydrogen (secondary N) is 1. The van der Waals surface area contributed by atoms with Crippen molar-refractivity contribution in [2.24, 2.45) is 0 Å². The minimum atomic E-state index is -3.03. The highest BCUT2D eigenvalue weighted by atomic mass is 19.3. The summed E-state index contributed by atoms with van der Waals surface area (Å²) in [6.07, 6.45) is 0. The molecule has 9 nitrogen and oxygen atoms in total. The Morgan fingerprint density at radius 3 is 2.75 bits per heavy atom. The highest BCUT2D eigenvalue weighted by Gasteiger charge is 2.14. The van der Waals surface area contributed by atoms with E-state index in [2.05, 4.69) is 25.1 Å². The van der Waals surface area contributed by atoms with Gasteiger partial charge in [-0.3, -0.25) is 4.79 Å². The minimum Gasteiger partial charge on any atom is -0.465 e. The zero-order chi connectivity index (χ0) is 20.1. The van der Waals surface area contributed by atoms with E-state index in [9.17, 15) is 18.4 Å². The zero-order valence-electron chi connectivity index (χ0n) is 14.5. The molecule has 1 N–H and O–H groups in total. The molecule has 2 aromatic carbocycles. The fourth-order valence-corrected chi connectivity index (χ4v) is 2.31. The van der Waals surface area contributed by atoms with Crippen LogP contribution >= 0.6 is 0 Å². The van der Waals surface area contributed by atoms with Crippen molar-refractivity contribution in [2.75, 3.05) is 19.0 Å². The highest BCUT2D eigenvalue weighted by molar-refractivity contribution is 5.94. The third-order valence-electron chi connectivity index (χ3n) is 3.53. The number of ether oxygens (including phenoxy) is 2. The van der Waals surface area contributed by atoms with Crippen LogP contribution in [0.1, 0.15) is 10.4 Å². The number of anilines is 1. The Morgan fingerprint density at radius 2 is 2.00 bits per heavy atom. The number of para-hydroxylation sites is 2. The number of rotatable bonds is 7. The number of halogens is 2. The van der Waals surface area contributed by atoms with Gasteiger partial charge in [-0.15, -0.1) is 5.10 Å². The summed E-state index contributed by atoms with van der Waals surface area (Å²) in [6, 6.07) is 10.3. The number of carbonyl (C=O) groups excluding carboxylic acids is 2. The second-order valence-electron chi connectivity index (χ2n) is 5.35. The van der Waals surface area contributed by atoms with Crippen molar-refractivity contribution in [3.05, 3.63) is 48.0 Å². The molecule has 0 atom stereocenters. The lowest BCUT2D eigenvalue weighted by Gasteiger charge is -2.11. The molecule has 11 heteroatoms. The van der Waals surface area contributed by atoms with E-state index < -0.39 is 25.1 Å². The third kappa shape index (κ3) is 4.31.